The highest BCUT2D eigenvalue weighted by molar-refractivity contribution is 5.95. The standard InChI is InChI=1S/C17H17N5/c18-16-6-15(21-17-7-10(8-17)9-17)12-2-1-11(5-14(12)20-16)13-3-4-19-22-13/h1-6,10H,7-9H2,(H,19,22)(H3,18,20,21). The van der Waals surface area contributed by atoms with Crippen molar-refractivity contribution in [3.05, 3.63) is 36.5 Å². The van der Waals surface area contributed by atoms with Gasteiger partial charge in [-0.15, -0.1) is 0 Å². The van der Waals surface area contributed by atoms with Gasteiger partial charge in [0.1, 0.15) is 5.82 Å². The van der Waals surface area contributed by atoms with Crippen molar-refractivity contribution in [2.75, 3.05) is 11.1 Å². The lowest BCUT2D eigenvalue weighted by molar-refractivity contribution is 0.00225. The summed E-state index contributed by atoms with van der Waals surface area (Å²) < 4.78 is 0. The monoisotopic (exact) mass is 291 g/mol. The first kappa shape index (κ1) is 12.0. The summed E-state index contributed by atoms with van der Waals surface area (Å²) in [5, 5.41) is 11.8. The minimum Gasteiger partial charge on any atom is -0.384 e. The largest absolute Gasteiger partial charge is 0.384 e. The van der Waals surface area contributed by atoms with Crippen LogP contribution in [0.1, 0.15) is 19.3 Å². The molecule has 0 atom stereocenters. The predicted octanol–water partition coefficient (Wildman–Crippen LogP) is 3.17. The number of aromatic nitrogens is 3. The number of nitrogen functional groups attached to an aromatic ring is 1. The van der Waals surface area contributed by atoms with Gasteiger partial charge in [0, 0.05) is 34.4 Å². The van der Waals surface area contributed by atoms with Gasteiger partial charge in [0.25, 0.3) is 0 Å². The second kappa shape index (κ2) is 4.00. The number of fused-ring (bicyclic) bond motifs is 1. The lowest BCUT2D eigenvalue weighted by Crippen LogP contribution is -2.63. The van der Waals surface area contributed by atoms with Gasteiger partial charge in [-0.3, -0.25) is 5.10 Å². The van der Waals surface area contributed by atoms with Crippen LogP contribution in [0, 0.1) is 5.92 Å². The van der Waals surface area contributed by atoms with Crippen molar-refractivity contribution in [2.45, 2.75) is 24.8 Å². The minimum atomic E-state index is 0.327. The molecule has 2 aromatic heterocycles. The number of benzene rings is 1. The van der Waals surface area contributed by atoms with E-state index in [9.17, 15) is 0 Å². The molecule has 0 saturated heterocycles. The van der Waals surface area contributed by atoms with E-state index < -0.39 is 0 Å². The highest BCUT2D eigenvalue weighted by Gasteiger charge is 2.56. The topological polar surface area (TPSA) is 79.6 Å². The third-order valence-corrected chi connectivity index (χ3v) is 5.08. The molecule has 5 heteroatoms. The molecule has 6 rings (SSSR count). The van der Waals surface area contributed by atoms with Crippen LogP contribution in [0.25, 0.3) is 22.2 Å². The highest BCUT2D eigenvalue weighted by Crippen LogP contribution is 2.58. The van der Waals surface area contributed by atoms with Crippen LogP contribution in [-0.2, 0) is 0 Å². The van der Waals surface area contributed by atoms with Crippen molar-refractivity contribution in [3.63, 3.8) is 0 Å². The molecular formula is C17H17N5. The van der Waals surface area contributed by atoms with Crippen LogP contribution in [-0.4, -0.2) is 20.7 Å². The Balaban J connectivity index is 1.61. The average Bonchev–Trinajstić information content (AvgIpc) is 2.94. The number of nitrogens with one attached hydrogen (secondary N) is 2. The van der Waals surface area contributed by atoms with Crippen molar-refractivity contribution < 1.29 is 0 Å². The first-order valence-electron chi connectivity index (χ1n) is 7.69. The lowest BCUT2D eigenvalue weighted by Gasteiger charge is -2.62. The summed E-state index contributed by atoms with van der Waals surface area (Å²) in [5.41, 5.74) is 10.4. The molecule has 1 aromatic carbocycles. The van der Waals surface area contributed by atoms with Crippen LogP contribution in [0.4, 0.5) is 11.5 Å². The SMILES string of the molecule is Nc1cc(NC23CC(C2)C3)c2ccc(-c3ccn[nH]3)cc2n1. The smallest absolute Gasteiger partial charge is 0.126 e. The van der Waals surface area contributed by atoms with Crippen molar-refractivity contribution in [1.29, 1.82) is 0 Å². The van der Waals surface area contributed by atoms with E-state index in [0.29, 0.717) is 11.4 Å². The maximum Gasteiger partial charge on any atom is 0.126 e. The summed E-state index contributed by atoms with van der Waals surface area (Å²) in [5.74, 6) is 1.51. The molecule has 3 aliphatic carbocycles. The molecule has 3 fully saturated rings. The summed E-state index contributed by atoms with van der Waals surface area (Å²) in [6.07, 6.45) is 5.64. The van der Waals surface area contributed by atoms with E-state index >= 15 is 0 Å². The molecule has 0 amide bonds. The van der Waals surface area contributed by atoms with E-state index in [-0.39, 0.29) is 0 Å². The van der Waals surface area contributed by atoms with E-state index in [2.05, 4.69) is 38.7 Å². The molecule has 4 N–H and O–H groups in total. The highest BCUT2D eigenvalue weighted by atomic mass is 15.1. The quantitative estimate of drug-likeness (QED) is 0.692. The van der Waals surface area contributed by atoms with E-state index in [0.717, 1.165) is 33.8 Å². The van der Waals surface area contributed by atoms with Gasteiger partial charge in [0.05, 0.1) is 11.2 Å². The lowest BCUT2D eigenvalue weighted by atomic mass is 9.50. The molecule has 2 heterocycles. The van der Waals surface area contributed by atoms with Gasteiger partial charge in [-0.05, 0) is 37.3 Å². The minimum absolute atomic E-state index is 0.327. The Kier molecular flexibility index (Phi) is 2.19. The average molecular weight is 291 g/mol. The number of pyridine rings is 1. The number of nitrogens with two attached hydrogens (primary N) is 1. The van der Waals surface area contributed by atoms with Crippen molar-refractivity contribution in [2.24, 2.45) is 5.92 Å². The van der Waals surface area contributed by atoms with Gasteiger partial charge in [-0.1, -0.05) is 12.1 Å². The Hall–Kier alpha value is -2.56. The van der Waals surface area contributed by atoms with Gasteiger partial charge >= 0.3 is 0 Å². The maximum atomic E-state index is 6.01. The Morgan fingerprint density at radius 3 is 2.73 bits per heavy atom. The Labute approximate surface area is 127 Å². The molecule has 0 spiro atoms. The second-order valence-corrected chi connectivity index (χ2v) is 6.68. The summed E-state index contributed by atoms with van der Waals surface area (Å²) >= 11 is 0. The zero-order valence-electron chi connectivity index (χ0n) is 12.1. The molecule has 2 bridgehead atoms. The van der Waals surface area contributed by atoms with Crippen LogP contribution in [0.5, 0.6) is 0 Å². The maximum absolute atomic E-state index is 6.01. The summed E-state index contributed by atoms with van der Waals surface area (Å²) in [4.78, 5) is 4.50. The fraction of sp³-hybridized carbons (Fsp3) is 0.294. The van der Waals surface area contributed by atoms with Crippen molar-refractivity contribution in [3.8, 4) is 11.3 Å². The third-order valence-electron chi connectivity index (χ3n) is 5.08. The van der Waals surface area contributed by atoms with E-state index in [1.165, 1.54) is 19.3 Å². The number of rotatable bonds is 3. The fourth-order valence-corrected chi connectivity index (χ4v) is 3.85. The molecule has 3 aliphatic rings. The van der Waals surface area contributed by atoms with Gasteiger partial charge < -0.3 is 11.1 Å². The first-order valence-corrected chi connectivity index (χ1v) is 7.69. The van der Waals surface area contributed by atoms with Gasteiger partial charge in [0.2, 0.25) is 0 Å². The summed E-state index contributed by atoms with van der Waals surface area (Å²) in [7, 11) is 0. The molecular weight excluding hydrogens is 274 g/mol. The van der Waals surface area contributed by atoms with Crippen LogP contribution in [0.3, 0.4) is 0 Å². The number of nitrogens with zero attached hydrogens (tertiary/aromatic N) is 2. The normalized spacial score (nSPS) is 25.5. The van der Waals surface area contributed by atoms with Crippen LogP contribution in [0.2, 0.25) is 0 Å². The summed E-state index contributed by atoms with van der Waals surface area (Å²) in [6, 6.07) is 10.2. The number of anilines is 2. The number of aromatic amines is 1. The Morgan fingerprint density at radius 2 is 2.05 bits per heavy atom. The van der Waals surface area contributed by atoms with E-state index in [1.54, 1.807) is 6.20 Å². The predicted molar refractivity (Wildman–Crippen MR) is 87.4 cm³/mol. The van der Waals surface area contributed by atoms with E-state index in [1.807, 2.05) is 12.1 Å². The summed E-state index contributed by atoms with van der Waals surface area (Å²) in [6.45, 7) is 0. The molecule has 3 saturated carbocycles. The first-order chi connectivity index (χ1) is 10.7. The van der Waals surface area contributed by atoms with Crippen LogP contribution >= 0.6 is 0 Å². The molecule has 110 valence electrons. The van der Waals surface area contributed by atoms with E-state index in [4.69, 9.17) is 5.73 Å². The zero-order chi connectivity index (χ0) is 14.7. The van der Waals surface area contributed by atoms with Crippen LogP contribution in [0.15, 0.2) is 36.5 Å². The number of hydrogen-bond donors (Lipinski definition) is 3. The molecule has 5 nitrogen and oxygen atoms in total. The fourth-order valence-electron chi connectivity index (χ4n) is 3.85. The Bertz CT molecular complexity index is 851. The van der Waals surface area contributed by atoms with Gasteiger partial charge in [-0.25, -0.2) is 4.98 Å². The number of hydrogen-bond acceptors (Lipinski definition) is 4. The molecule has 0 radical (unpaired) electrons. The van der Waals surface area contributed by atoms with Gasteiger partial charge in [-0.2, -0.15) is 5.10 Å². The Morgan fingerprint density at radius 1 is 1.18 bits per heavy atom. The van der Waals surface area contributed by atoms with Crippen molar-refractivity contribution in [1.82, 2.24) is 15.2 Å². The number of H-pyrrole nitrogens is 1. The van der Waals surface area contributed by atoms with Gasteiger partial charge in [0.15, 0.2) is 0 Å². The van der Waals surface area contributed by atoms with Crippen LogP contribution < -0.4 is 11.1 Å². The molecule has 0 aliphatic heterocycles. The second-order valence-electron chi connectivity index (χ2n) is 6.68. The third kappa shape index (κ3) is 1.65. The van der Waals surface area contributed by atoms with Crippen molar-refractivity contribution >= 4 is 22.4 Å². The molecule has 3 aromatic rings. The zero-order valence-corrected chi connectivity index (χ0v) is 12.1. The molecule has 0 unspecified atom stereocenters. The molecule has 22 heavy (non-hydrogen) atoms.